The van der Waals surface area contributed by atoms with Crippen LogP contribution in [-0.4, -0.2) is 16.8 Å². The van der Waals surface area contributed by atoms with Gasteiger partial charge < -0.3 is 15.9 Å². The minimum Gasteiger partial charge on any atom is -0.508 e. The van der Waals surface area contributed by atoms with Crippen LogP contribution in [0, 0.1) is 5.82 Å². The topological polar surface area (TPSA) is 66.5 Å². The Hall–Kier alpha value is -1.13. The molecule has 0 saturated carbocycles. The van der Waals surface area contributed by atoms with Gasteiger partial charge in [-0.2, -0.15) is 0 Å². The summed E-state index contributed by atoms with van der Waals surface area (Å²) in [5.74, 6) is -0.769. The molecule has 0 radical (unpaired) electrons. The first-order valence-corrected chi connectivity index (χ1v) is 3.86. The minimum atomic E-state index is -1.11. The van der Waals surface area contributed by atoms with Gasteiger partial charge in [0.2, 0.25) is 0 Å². The molecule has 0 heterocycles. The van der Waals surface area contributed by atoms with E-state index in [0.717, 1.165) is 6.07 Å². The van der Waals surface area contributed by atoms with Gasteiger partial charge in [-0.05, 0) is 13.0 Å². The lowest BCUT2D eigenvalue weighted by Gasteiger charge is -2.22. The molecule has 0 aromatic heterocycles. The van der Waals surface area contributed by atoms with E-state index in [1.165, 1.54) is 19.1 Å². The Bertz CT molecular complexity index is 312. The molecule has 0 amide bonds. The number of nitrogens with two attached hydrogens (primary N) is 1. The molecular formula is C9H12FNO2. The number of phenols is 1. The first kappa shape index (κ1) is 9.95. The maximum absolute atomic E-state index is 13.2. The molecule has 1 aromatic carbocycles. The summed E-state index contributed by atoms with van der Waals surface area (Å²) in [6, 6.07) is 3.66. The van der Waals surface area contributed by atoms with Crippen LogP contribution < -0.4 is 5.73 Å². The second kappa shape index (κ2) is 3.32. The van der Waals surface area contributed by atoms with Crippen molar-refractivity contribution in [1.82, 2.24) is 0 Å². The maximum Gasteiger partial charge on any atom is 0.132 e. The molecule has 0 fully saturated rings. The summed E-state index contributed by atoms with van der Waals surface area (Å²) in [6.45, 7) is 1.16. The highest BCUT2D eigenvalue weighted by atomic mass is 19.1. The molecular weight excluding hydrogens is 173 g/mol. The van der Waals surface area contributed by atoms with Gasteiger partial charge in [0.1, 0.15) is 11.6 Å². The number of hydrogen-bond acceptors (Lipinski definition) is 3. The number of hydrogen-bond donors (Lipinski definition) is 3. The average Bonchev–Trinajstić information content (AvgIpc) is 2.03. The minimum absolute atomic E-state index is 0.157. The summed E-state index contributed by atoms with van der Waals surface area (Å²) < 4.78 is 13.2. The predicted molar refractivity (Wildman–Crippen MR) is 46.7 cm³/mol. The molecule has 0 saturated heterocycles. The highest BCUT2D eigenvalue weighted by Crippen LogP contribution is 2.23. The molecule has 0 aliphatic rings. The smallest absolute Gasteiger partial charge is 0.132 e. The molecule has 1 rings (SSSR count). The molecule has 4 heteroatoms. The highest BCUT2D eigenvalue weighted by Gasteiger charge is 2.23. The monoisotopic (exact) mass is 185 g/mol. The number of halogens is 1. The van der Waals surface area contributed by atoms with Gasteiger partial charge in [-0.25, -0.2) is 4.39 Å². The van der Waals surface area contributed by atoms with E-state index in [1.54, 1.807) is 0 Å². The van der Waals surface area contributed by atoms with Crippen LogP contribution in [0.1, 0.15) is 12.5 Å². The van der Waals surface area contributed by atoms with Crippen molar-refractivity contribution < 1.29 is 14.6 Å². The third-order valence-corrected chi connectivity index (χ3v) is 1.90. The first-order valence-electron chi connectivity index (χ1n) is 3.86. The van der Waals surface area contributed by atoms with Crippen LogP contribution in [0.25, 0.3) is 0 Å². The molecule has 1 atom stereocenters. The van der Waals surface area contributed by atoms with Crippen molar-refractivity contribution in [2.24, 2.45) is 5.73 Å². The number of rotatable bonds is 2. The molecule has 3 nitrogen and oxygen atoms in total. The molecule has 72 valence electrons. The lowest BCUT2D eigenvalue weighted by molar-refractivity contribution is 0.206. The summed E-state index contributed by atoms with van der Waals surface area (Å²) in [5.41, 5.74) is 4.69. The van der Waals surface area contributed by atoms with Gasteiger partial charge in [0.15, 0.2) is 0 Å². The van der Waals surface area contributed by atoms with Crippen molar-refractivity contribution in [3.63, 3.8) is 0 Å². The third kappa shape index (κ3) is 1.96. The predicted octanol–water partition coefficient (Wildman–Crippen LogP) is 0.698. The Morgan fingerprint density at radius 2 is 2.15 bits per heavy atom. The van der Waals surface area contributed by atoms with Crippen molar-refractivity contribution >= 4 is 0 Å². The van der Waals surface area contributed by atoms with Crippen LogP contribution in [0.15, 0.2) is 18.2 Å². The summed E-state index contributed by atoms with van der Waals surface area (Å²) in [5, 5.41) is 17.8. The number of aliphatic hydroxyl groups excluding tert-OH is 1. The van der Waals surface area contributed by atoms with Crippen molar-refractivity contribution in [2.45, 2.75) is 12.5 Å². The summed E-state index contributed by atoms with van der Waals surface area (Å²) in [4.78, 5) is 0. The van der Waals surface area contributed by atoms with E-state index in [4.69, 9.17) is 15.9 Å². The number of benzene rings is 1. The van der Waals surface area contributed by atoms with Gasteiger partial charge in [-0.15, -0.1) is 0 Å². The molecule has 0 aliphatic carbocycles. The van der Waals surface area contributed by atoms with Crippen molar-refractivity contribution in [2.75, 3.05) is 6.61 Å². The second-order valence-corrected chi connectivity index (χ2v) is 3.24. The van der Waals surface area contributed by atoms with E-state index in [-0.39, 0.29) is 17.9 Å². The number of phenolic OH excluding ortho intramolecular Hbond substituents is 1. The van der Waals surface area contributed by atoms with Gasteiger partial charge in [-0.1, -0.05) is 6.07 Å². The zero-order valence-corrected chi connectivity index (χ0v) is 7.29. The first-order chi connectivity index (χ1) is 5.97. The summed E-state index contributed by atoms with van der Waals surface area (Å²) in [7, 11) is 0. The highest BCUT2D eigenvalue weighted by molar-refractivity contribution is 5.32. The molecule has 1 aromatic rings. The van der Waals surface area contributed by atoms with E-state index in [9.17, 15) is 4.39 Å². The average molecular weight is 185 g/mol. The standard InChI is InChI=1S/C9H12FNO2/c1-9(11,5-12)7-3-2-6(13)4-8(7)10/h2-4,12-13H,5,11H2,1H3/t9-/m0/s1. The Morgan fingerprint density at radius 1 is 1.54 bits per heavy atom. The van der Waals surface area contributed by atoms with Crippen molar-refractivity contribution in [3.8, 4) is 5.75 Å². The van der Waals surface area contributed by atoms with Crippen LogP contribution >= 0.6 is 0 Å². The molecule has 0 unspecified atom stereocenters. The molecule has 4 N–H and O–H groups in total. The van der Waals surface area contributed by atoms with Crippen molar-refractivity contribution in [1.29, 1.82) is 0 Å². The van der Waals surface area contributed by atoms with E-state index in [0.29, 0.717) is 0 Å². The number of aromatic hydroxyl groups is 1. The molecule has 0 bridgehead atoms. The summed E-state index contributed by atoms with van der Waals surface area (Å²) in [6.07, 6.45) is 0. The van der Waals surface area contributed by atoms with E-state index in [1.807, 2.05) is 0 Å². The van der Waals surface area contributed by atoms with Gasteiger partial charge in [0.05, 0.1) is 12.1 Å². The van der Waals surface area contributed by atoms with Gasteiger partial charge in [-0.3, -0.25) is 0 Å². The lowest BCUT2D eigenvalue weighted by Crippen LogP contribution is -2.37. The van der Waals surface area contributed by atoms with Gasteiger partial charge in [0.25, 0.3) is 0 Å². The third-order valence-electron chi connectivity index (χ3n) is 1.90. The van der Waals surface area contributed by atoms with Crippen LogP contribution in [0.2, 0.25) is 0 Å². The summed E-state index contributed by atoms with van der Waals surface area (Å²) >= 11 is 0. The van der Waals surface area contributed by atoms with Crippen LogP contribution in [0.5, 0.6) is 5.75 Å². The Kier molecular flexibility index (Phi) is 2.54. The van der Waals surface area contributed by atoms with Crippen LogP contribution in [0.4, 0.5) is 4.39 Å². The molecule has 13 heavy (non-hydrogen) atoms. The van der Waals surface area contributed by atoms with Crippen LogP contribution in [-0.2, 0) is 5.54 Å². The Labute approximate surface area is 75.6 Å². The fourth-order valence-corrected chi connectivity index (χ4v) is 1.05. The SMILES string of the molecule is C[C@](N)(CO)c1ccc(O)cc1F. The Morgan fingerprint density at radius 3 is 2.62 bits per heavy atom. The molecule has 0 aliphatic heterocycles. The van der Waals surface area contributed by atoms with E-state index < -0.39 is 11.4 Å². The Balaban J connectivity index is 3.16. The lowest BCUT2D eigenvalue weighted by atomic mass is 9.94. The zero-order chi connectivity index (χ0) is 10.1. The van der Waals surface area contributed by atoms with Gasteiger partial charge in [0, 0.05) is 11.6 Å². The maximum atomic E-state index is 13.2. The van der Waals surface area contributed by atoms with Crippen molar-refractivity contribution in [3.05, 3.63) is 29.6 Å². The molecule has 0 spiro atoms. The zero-order valence-electron chi connectivity index (χ0n) is 7.29. The normalized spacial score (nSPS) is 15.4. The fraction of sp³-hybridized carbons (Fsp3) is 0.333. The fourth-order valence-electron chi connectivity index (χ4n) is 1.05. The quantitative estimate of drug-likeness (QED) is 0.635. The largest absolute Gasteiger partial charge is 0.508 e. The van der Waals surface area contributed by atoms with E-state index in [2.05, 4.69) is 0 Å². The van der Waals surface area contributed by atoms with Crippen LogP contribution in [0.3, 0.4) is 0 Å². The van der Waals surface area contributed by atoms with E-state index >= 15 is 0 Å². The second-order valence-electron chi connectivity index (χ2n) is 3.24. The van der Waals surface area contributed by atoms with Gasteiger partial charge >= 0.3 is 0 Å². The number of aliphatic hydroxyl groups is 1.